The van der Waals surface area contributed by atoms with Crippen molar-refractivity contribution in [3.63, 3.8) is 0 Å². The second-order valence-electron chi connectivity index (χ2n) is 3.38. The summed E-state index contributed by atoms with van der Waals surface area (Å²) in [5.41, 5.74) is 0. The summed E-state index contributed by atoms with van der Waals surface area (Å²) in [7, 11) is -1.44. The number of urea groups is 1. The molecule has 0 spiro atoms. The molecular weight excluding hydrogens is 192 g/mol. The highest BCUT2D eigenvalue weighted by Gasteiger charge is 2.35. The highest BCUT2D eigenvalue weighted by atomic mass is 32.2. The lowest BCUT2D eigenvalue weighted by Gasteiger charge is -2.14. The quantitative estimate of drug-likeness (QED) is 0.598. The van der Waals surface area contributed by atoms with Gasteiger partial charge in [0.25, 0.3) is 0 Å². The minimum atomic E-state index is -2.94. The number of hydrogen-bond acceptors (Lipinski definition) is 3. The van der Waals surface area contributed by atoms with Crippen molar-refractivity contribution in [1.29, 1.82) is 0 Å². The molecule has 2 amide bonds. The Kier molecular flexibility index (Phi) is 2.80. The van der Waals surface area contributed by atoms with Gasteiger partial charge in [0.05, 0.1) is 11.5 Å². The SMILES string of the molecule is CNC(=O)N[C@@H]1CS(=O)(=O)C[C@@H]1C. The summed E-state index contributed by atoms with van der Waals surface area (Å²) in [5.74, 6) is 0.228. The second-order valence-corrected chi connectivity index (χ2v) is 5.54. The van der Waals surface area contributed by atoms with Crippen LogP contribution in [-0.2, 0) is 9.84 Å². The molecule has 2 N–H and O–H groups in total. The van der Waals surface area contributed by atoms with E-state index >= 15 is 0 Å². The average Bonchev–Trinajstić information content (AvgIpc) is 2.24. The van der Waals surface area contributed by atoms with Gasteiger partial charge in [-0.3, -0.25) is 0 Å². The standard InChI is InChI=1S/C7H14N2O3S/c1-5-3-13(11,12)4-6(5)9-7(10)8-2/h5-6H,3-4H2,1-2H3,(H2,8,9,10)/t5-,6+/m0/s1. The first-order valence-corrected chi connectivity index (χ1v) is 5.95. The van der Waals surface area contributed by atoms with Crippen LogP contribution in [0.2, 0.25) is 0 Å². The van der Waals surface area contributed by atoms with Gasteiger partial charge in [-0.2, -0.15) is 0 Å². The summed E-state index contributed by atoms with van der Waals surface area (Å²) >= 11 is 0. The van der Waals surface area contributed by atoms with E-state index in [1.165, 1.54) is 7.05 Å². The molecule has 0 radical (unpaired) electrons. The van der Waals surface area contributed by atoms with Gasteiger partial charge in [0.15, 0.2) is 9.84 Å². The van der Waals surface area contributed by atoms with Crippen molar-refractivity contribution in [2.24, 2.45) is 5.92 Å². The summed E-state index contributed by atoms with van der Waals surface area (Å²) in [5, 5.41) is 5.00. The third kappa shape index (κ3) is 2.58. The largest absolute Gasteiger partial charge is 0.341 e. The molecule has 0 aromatic rings. The number of rotatable bonds is 1. The summed E-state index contributed by atoms with van der Waals surface area (Å²) in [6.45, 7) is 1.82. The van der Waals surface area contributed by atoms with Crippen LogP contribution in [0.3, 0.4) is 0 Å². The zero-order valence-corrected chi connectivity index (χ0v) is 8.52. The van der Waals surface area contributed by atoms with E-state index < -0.39 is 9.84 Å². The third-order valence-corrected chi connectivity index (χ3v) is 4.08. The van der Waals surface area contributed by atoms with Crippen molar-refractivity contribution in [3.05, 3.63) is 0 Å². The molecule has 1 heterocycles. The van der Waals surface area contributed by atoms with Crippen LogP contribution in [0.25, 0.3) is 0 Å². The van der Waals surface area contributed by atoms with Crippen molar-refractivity contribution in [2.45, 2.75) is 13.0 Å². The molecule has 0 unspecified atom stereocenters. The van der Waals surface area contributed by atoms with Gasteiger partial charge < -0.3 is 10.6 Å². The maximum Gasteiger partial charge on any atom is 0.314 e. The van der Waals surface area contributed by atoms with Crippen LogP contribution in [0.15, 0.2) is 0 Å². The van der Waals surface area contributed by atoms with E-state index in [4.69, 9.17) is 0 Å². The van der Waals surface area contributed by atoms with E-state index in [2.05, 4.69) is 10.6 Å². The molecule has 1 fully saturated rings. The van der Waals surface area contributed by atoms with E-state index in [0.717, 1.165) is 0 Å². The maximum atomic E-state index is 11.1. The zero-order valence-electron chi connectivity index (χ0n) is 7.70. The molecule has 0 aromatic carbocycles. The Bertz CT molecular complexity index is 299. The fourth-order valence-electron chi connectivity index (χ4n) is 1.45. The van der Waals surface area contributed by atoms with E-state index in [-0.39, 0.29) is 29.5 Å². The molecule has 0 saturated carbocycles. The summed E-state index contributed by atoms with van der Waals surface area (Å²) < 4.78 is 22.3. The summed E-state index contributed by atoms with van der Waals surface area (Å²) in [6, 6.07) is -0.570. The Morgan fingerprint density at radius 1 is 1.38 bits per heavy atom. The monoisotopic (exact) mass is 206 g/mol. The van der Waals surface area contributed by atoms with Crippen molar-refractivity contribution in [2.75, 3.05) is 18.6 Å². The van der Waals surface area contributed by atoms with Crippen LogP contribution in [0, 0.1) is 5.92 Å². The number of sulfone groups is 1. The molecule has 1 rings (SSSR count). The van der Waals surface area contributed by atoms with Crippen LogP contribution in [-0.4, -0.2) is 39.0 Å². The van der Waals surface area contributed by atoms with Crippen LogP contribution in [0.1, 0.15) is 6.92 Å². The Morgan fingerprint density at radius 3 is 2.38 bits per heavy atom. The van der Waals surface area contributed by atoms with Crippen molar-refractivity contribution in [3.8, 4) is 0 Å². The first kappa shape index (κ1) is 10.3. The van der Waals surface area contributed by atoms with Crippen LogP contribution in [0.5, 0.6) is 0 Å². The van der Waals surface area contributed by atoms with E-state index in [1.807, 2.05) is 6.92 Å². The summed E-state index contributed by atoms with van der Waals surface area (Å²) in [4.78, 5) is 10.9. The third-order valence-electron chi connectivity index (χ3n) is 2.18. The second kappa shape index (κ2) is 3.53. The van der Waals surface area contributed by atoms with Gasteiger partial charge in [0.2, 0.25) is 0 Å². The molecule has 76 valence electrons. The fourth-order valence-corrected chi connectivity index (χ4v) is 3.58. The molecule has 13 heavy (non-hydrogen) atoms. The van der Waals surface area contributed by atoms with E-state index in [9.17, 15) is 13.2 Å². The van der Waals surface area contributed by atoms with Gasteiger partial charge >= 0.3 is 6.03 Å². The molecule has 1 saturated heterocycles. The Hall–Kier alpha value is -0.780. The van der Waals surface area contributed by atoms with Gasteiger partial charge in [0, 0.05) is 13.1 Å². The minimum absolute atomic E-state index is 0.00213. The van der Waals surface area contributed by atoms with Gasteiger partial charge in [-0.05, 0) is 5.92 Å². The average molecular weight is 206 g/mol. The number of nitrogens with one attached hydrogen (secondary N) is 2. The van der Waals surface area contributed by atoms with Gasteiger partial charge in [-0.15, -0.1) is 0 Å². The van der Waals surface area contributed by atoms with E-state index in [1.54, 1.807) is 0 Å². The number of amides is 2. The van der Waals surface area contributed by atoms with Crippen molar-refractivity contribution in [1.82, 2.24) is 10.6 Å². The Labute approximate surface area is 77.8 Å². The van der Waals surface area contributed by atoms with Crippen LogP contribution >= 0.6 is 0 Å². The highest BCUT2D eigenvalue weighted by molar-refractivity contribution is 7.91. The molecular formula is C7H14N2O3S. The normalized spacial score (nSPS) is 31.2. The predicted octanol–water partition coefficient (Wildman–Crippen LogP) is -0.651. The lowest BCUT2D eigenvalue weighted by molar-refractivity contribution is 0.237. The molecule has 1 aliphatic heterocycles. The maximum absolute atomic E-state index is 11.1. The first-order valence-electron chi connectivity index (χ1n) is 4.13. The summed E-state index contributed by atoms with van der Waals surface area (Å²) in [6.07, 6.45) is 0. The number of carbonyl (C=O) groups excluding carboxylic acids is 1. The Morgan fingerprint density at radius 2 is 2.00 bits per heavy atom. The molecule has 1 aliphatic rings. The van der Waals surface area contributed by atoms with Crippen molar-refractivity contribution < 1.29 is 13.2 Å². The van der Waals surface area contributed by atoms with Gasteiger partial charge in [0.1, 0.15) is 0 Å². The first-order chi connectivity index (χ1) is 5.94. The Balaban J connectivity index is 2.59. The van der Waals surface area contributed by atoms with Gasteiger partial charge in [-0.1, -0.05) is 6.92 Å². The van der Waals surface area contributed by atoms with Crippen molar-refractivity contribution >= 4 is 15.9 Å². The fraction of sp³-hybridized carbons (Fsp3) is 0.857. The number of carbonyl (C=O) groups is 1. The van der Waals surface area contributed by atoms with Gasteiger partial charge in [-0.25, -0.2) is 13.2 Å². The predicted molar refractivity (Wildman–Crippen MR) is 49.2 cm³/mol. The lowest BCUT2D eigenvalue weighted by atomic mass is 10.1. The van der Waals surface area contributed by atoms with E-state index in [0.29, 0.717) is 0 Å². The highest BCUT2D eigenvalue weighted by Crippen LogP contribution is 2.18. The zero-order chi connectivity index (χ0) is 10.1. The minimum Gasteiger partial charge on any atom is -0.341 e. The molecule has 6 heteroatoms. The lowest BCUT2D eigenvalue weighted by Crippen LogP contribution is -2.43. The smallest absolute Gasteiger partial charge is 0.314 e. The molecule has 0 aromatic heterocycles. The molecule has 0 aliphatic carbocycles. The molecule has 0 bridgehead atoms. The van der Waals surface area contributed by atoms with Crippen LogP contribution in [0.4, 0.5) is 4.79 Å². The molecule has 2 atom stereocenters. The molecule has 5 nitrogen and oxygen atoms in total. The number of hydrogen-bond donors (Lipinski definition) is 2. The van der Waals surface area contributed by atoms with Crippen LogP contribution < -0.4 is 10.6 Å². The topological polar surface area (TPSA) is 75.3 Å².